The van der Waals surface area contributed by atoms with Crippen LogP contribution < -0.4 is 5.56 Å². The van der Waals surface area contributed by atoms with Gasteiger partial charge in [0.05, 0.1) is 29.0 Å². The van der Waals surface area contributed by atoms with E-state index in [0.29, 0.717) is 46.6 Å². The van der Waals surface area contributed by atoms with Gasteiger partial charge in [-0.15, -0.1) is 0 Å². The number of aryl methyl sites for hydroxylation is 1. The van der Waals surface area contributed by atoms with E-state index in [1.165, 1.54) is 6.07 Å². The van der Waals surface area contributed by atoms with Crippen LogP contribution in [0.2, 0.25) is 0 Å². The lowest BCUT2D eigenvalue weighted by molar-refractivity contribution is -0.172. The van der Waals surface area contributed by atoms with Crippen LogP contribution in [0.5, 0.6) is 0 Å². The number of carbonyl (C=O) groups is 1. The lowest BCUT2D eigenvalue weighted by atomic mass is 9.79. The summed E-state index contributed by atoms with van der Waals surface area (Å²) in [6, 6.07) is 3.21. The van der Waals surface area contributed by atoms with E-state index in [2.05, 4.69) is 6.92 Å². The van der Waals surface area contributed by atoms with Gasteiger partial charge in [-0.1, -0.05) is 20.3 Å². The summed E-state index contributed by atoms with van der Waals surface area (Å²) in [6.45, 7) is 6.07. The van der Waals surface area contributed by atoms with Gasteiger partial charge >= 0.3 is 5.97 Å². The Bertz CT molecular complexity index is 1460. The van der Waals surface area contributed by atoms with E-state index < -0.39 is 11.6 Å². The first-order chi connectivity index (χ1) is 15.8. The van der Waals surface area contributed by atoms with Crippen LogP contribution >= 0.6 is 0 Å². The van der Waals surface area contributed by atoms with Crippen LogP contribution in [-0.4, -0.2) is 20.6 Å². The normalized spacial score (nSPS) is 22.7. The van der Waals surface area contributed by atoms with E-state index in [1.807, 2.05) is 13.8 Å². The SMILES string of the molecule is CCC[C@@]1(O)C(=O)OCc2c1cc1n(c2=O)Cc2c-1nc1cc(F)c(C)c3c1c2[C@@H](C)CC3. The third-order valence-corrected chi connectivity index (χ3v) is 7.77. The minimum Gasteiger partial charge on any atom is -0.458 e. The van der Waals surface area contributed by atoms with Gasteiger partial charge in [0.15, 0.2) is 5.60 Å². The van der Waals surface area contributed by atoms with Gasteiger partial charge in [-0.2, -0.15) is 0 Å². The highest BCUT2D eigenvalue weighted by molar-refractivity contribution is 5.93. The predicted octanol–water partition coefficient (Wildman–Crippen LogP) is 3.97. The Hall–Kier alpha value is -3.06. The number of pyridine rings is 2. The topological polar surface area (TPSA) is 81.4 Å². The molecular weight excluding hydrogens is 423 g/mol. The van der Waals surface area contributed by atoms with Gasteiger partial charge in [-0.05, 0) is 54.9 Å². The van der Waals surface area contributed by atoms with Crippen molar-refractivity contribution in [2.45, 2.75) is 71.1 Å². The number of cyclic esters (lactones) is 1. The molecule has 2 aliphatic heterocycles. The fraction of sp³-hybridized carbons (Fsp3) is 0.423. The average molecular weight is 448 g/mol. The molecule has 1 N–H and O–H groups in total. The Morgan fingerprint density at radius 2 is 2.06 bits per heavy atom. The number of aromatic nitrogens is 2. The number of benzene rings is 1. The van der Waals surface area contributed by atoms with E-state index in [1.54, 1.807) is 10.6 Å². The first-order valence-electron chi connectivity index (χ1n) is 11.6. The Balaban J connectivity index is 1.68. The maximum atomic E-state index is 14.7. The highest BCUT2D eigenvalue weighted by Crippen LogP contribution is 2.46. The molecule has 0 fully saturated rings. The molecule has 2 aromatic heterocycles. The van der Waals surface area contributed by atoms with Crippen molar-refractivity contribution in [2.75, 3.05) is 0 Å². The van der Waals surface area contributed by atoms with Crippen molar-refractivity contribution in [3.8, 4) is 11.4 Å². The number of hydrogen-bond donors (Lipinski definition) is 1. The maximum Gasteiger partial charge on any atom is 0.343 e. The summed E-state index contributed by atoms with van der Waals surface area (Å²) >= 11 is 0. The van der Waals surface area contributed by atoms with Crippen molar-refractivity contribution in [2.24, 2.45) is 0 Å². The molecule has 4 heterocycles. The van der Waals surface area contributed by atoms with Crippen LogP contribution in [0, 0.1) is 12.7 Å². The molecule has 6 rings (SSSR count). The number of hydrogen-bond acceptors (Lipinski definition) is 5. The van der Waals surface area contributed by atoms with Crippen molar-refractivity contribution in [1.29, 1.82) is 0 Å². The number of halogens is 1. The molecule has 33 heavy (non-hydrogen) atoms. The van der Waals surface area contributed by atoms with Gasteiger partial charge in [0, 0.05) is 22.6 Å². The van der Waals surface area contributed by atoms with Gasteiger partial charge in [0.1, 0.15) is 12.4 Å². The molecule has 1 aliphatic carbocycles. The monoisotopic (exact) mass is 448 g/mol. The van der Waals surface area contributed by atoms with E-state index >= 15 is 0 Å². The number of carbonyl (C=O) groups excluding carboxylic acids is 1. The molecule has 1 aromatic carbocycles. The number of esters is 1. The van der Waals surface area contributed by atoms with E-state index in [-0.39, 0.29) is 30.3 Å². The highest BCUT2D eigenvalue weighted by atomic mass is 19.1. The molecule has 0 saturated carbocycles. The smallest absolute Gasteiger partial charge is 0.343 e. The number of fused-ring (bicyclic) bond motifs is 5. The van der Waals surface area contributed by atoms with Crippen LogP contribution in [0.25, 0.3) is 22.3 Å². The second-order valence-electron chi connectivity index (χ2n) is 9.65. The van der Waals surface area contributed by atoms with Gasteiger partial charge in [-0.3, -0.25) is 4.79 Å². The summed E-state index contributed by atoms with van der Waals surface area (Å²) in [4.78, 5) is 30.9. The zero-order valence-electron chi connectivity index (χ0n) is 18.9. The Labute approximate surface area is 190 Å². The van der Waals surface area contributed by atoms with Crippen LogP contribution in [0.1, 0.15) is 72.4 Å². The Kier molecular flexibility index (Phi) is 4.19. The molecule has 3 aliphatic rings. The third-order valence-electron chi connectivity index (χ3n) is 7.77. The van der Waals surface area contributed by atoms with Crippen LogP contribution in [0.4, 0.5) is 4.39 Å². The summed E-state index contributed by atoms with van der Waals surface area (Å²) in [5, 5.41) is 12.2. The lowest BCUT2D eigenvalue weighted by Gasteiger charge is -2.32. The minimum absolute atomic E-state index is 0.150. The van der Waals surface area contributed by atoms with Crippen molar-refractivity contribution < 1.29 is 19.0 Å². The van der Waals surface area contributed by atoms with E-state index in [9.17, 15) is 19.1 Å². The Morgan fingerprint density at radius 3 is 2.82 bits per heavy atom. The number of nitrogens with zero attached hydrogens (tertiary/aromatic N) is 2. The quantitative estimate of drug-likeness (QED) is 0.470. The third kappa shape index (κ3) is 2.54. The molecule has 0 amide bonds. The highest BCUT2D eigenvalue weighted by Gasteiger charge is 2.46. The van der Waals surface area contributed by atoms with Crippen molar-refractivity contribution in [3.05, 3.63) is 61.7 Å². The van der Waals surface area contributed by atoms with Crippen molar-refractivity contribution >= 4 is 16.9 Å². The average Bonchev–Trinajstić information content (AvgIpc) is 3.15. The van der Waals surface area contributed by atoms with Gasteiger partial charge in [-0.25, -0.2) is 14.2 Å². The van der Waals surface area contributed by atoms with Crippen LogP contribution in [-0.2, 0) is 34.7 Å². The second kappa shape index (κ2) is 6.73. The largest absolute Gasteiger partial charge is 0.458 e. The van der Waals surface area contributed by atoms with Crippen LogP contribution in [0.15, 0.2) is 16.9 Å². The molecule has 0 unspecified atom stereocenters. The minimum atomic E-state index is -1.85. The summed E-state index contributed by atoms with van der Waals surface area (Å²) in [5.74, 6) is -0.744. The molecule has 6 nitrogen and oxygen atoms in total. The number of rotatable bonds is 2. The first kappa shape index (κ1) is 20.5. The molecule has 3 aromatic rings. The predicted molar refractivity (Wildman–Crippen MR) is 121 cm³/mol. The summed E-state index contributed by atoms with van der Waals surface area (Å²) < 4.78 is 21.6. The fourth-order valence-corrected chi connectivity index (χ4v) is 6.05. The molecule has 7 heteroatoms. The summed E-state index contributed by atoms with van der Waals surface area (Å²) in [5.41, 5.74) is 4.08. The lowest BCUT2D eigenvalue weighted by Crippen LogP contribution is -2.44. The zero-order valence-corrected chi connectivity index (χ0v) is 18.9. The standard InChI is InChI=1S/C26H25FN2O4/c1-4-7-26(32)17-8-20-23-15(10-29(20)24(30)16(17)11-33-25(26)31)21-12(2)5-6-14-13(3)18(27)9-19(28-23)22(14)21/h8-9,12,32H,4-7,10-11H2,1-3H3/t12-,26-/m0/s1. The second-order valence-corrected chi connectivity index (χ2v) is 9.65. The van der Waals surface area contributed by atoms with Gasteiger partial charge < -0.3 is 14.4 Å². The van der Waals surface area contributed by atoms with Crippen LogP contribution in [0.3, 0.4) is 0 Å². The van der Waals surface area contributed by atoms with E-state index in [0.717, 1.165) is 34.9 Å². The summed E-state index contributed by atoms with van der Waals surface area (Å²) in [7, 11) is 0. The number of ether oxygens (including phenoxy) is 1. The number of aliphatic hydroxyl groups is 1. The van der Waals surface area contributed by atoms with Gasteiger partial charge in [0.25, 0.3) is 5.56 Å². The zero-order chi connectivity index (χ0) is 23.2. The fourth-order valence-electron chi connectivity index (χ4n) is 6.05. The Morgan fingerprint density at radius 1 is 1.27 bits per heavy atom. The maximum absolute atomic E-state index is 14.7. The molecule has 0 bridgehead atoms. The molecule has 2 atom stereocenters. The van der Waals surface area contributed by atoms with Crippen molar-refractivity contribution in [1.82, 2.24) is 9.55 Å². The molecule has 170 valence electrons. The van der Waals surface area contributed by atoms with E-state index in [4.69, 9.17) is 9.72 Å². The molecule has 0 spiro atoms. The molecule has 0 saturated heterocycles. The molecule has 0 radical (unpaired) electrons. The van der Waals surface area contributed by atoms with Gasteiger partial charge in [0.2, 0.25) is 0 Å². The summed E-state index contributed by atoms with van der Waals surface area (Å²) in [6.07, 6.45) is 2.42. The van der Waals surface area contributed by atoms with Crippen molar-refractivity contribution in [3.63, 3.8) is 0 Å². The molecular formula is C26H25FN2O4. The first-order valence-corrected chi connectivity index (χ1v) is 11.6.